The van der Waals surface area contributed by atoms with Crippen LogP contribution in [0, 0.1) is 5.82 Å². The normalized spacial score (nSPS) is 10.1. The summed E-state index contributed by atoms with van der Waals surface area (Å²) in [7, 11) is 1.45. The van der Waals surface area contributed by atoms with E-state index in [1.165, 1.54) is 37.4 Å². The van der Waals surface area contributed by atoms with Crippen molar-refractivity contribution in [3.8, 4) is 11.3 Å². The zero-order chi connectivity index (χ0) is 13.1. The molecule has 1 aromatic heterocycles. The Morgan fingerprint density at radius 2 is 2.11 bits per heavy atom. The Hall–Kier alpha value is -2.43. The van der Waals surface area contributed by atoms with E-state index in [9.17, 15) is 14.0 Å². The summed E-state index contributed by atoms with van der Waals surface area (Å²) in [4.78, 5) is 22.2. The second kappa shape index (κ2) is 4.83. The predicted octanol–water partition coefficient (Wildman–Crippen LogP) is 2.26. The maximum Gasteiger partial charge on any atom is 0.251 e. The van der Waals surface area contributed by atoms with Gasteiger partial charge >= 0.3 is 0 Å². The van der Waals surface area contributed by atoms with Gasteiger partial charge in [0.25, 0.3) is 5.91 Å². The van der Waals surface area contributed by atoms with Gasteiger partial charge in [0.05, 0.1) is 11.1 Å². The Bertz CT molecular complexity index is 604. The molecule has 0 atom stereocenters. The van der Waals surface area contributed by atoms with E-state index >= 15 is 0 Å². The van der Waals surface area contributed by atoms with Gasteiger partial charge in [-0.05, 0) is 24.3 Å². The molecule has 0 saturated heterocycles. The number of hydrogen-bond acceptors (Lipinski definition) is 3. The molecule has 0 unspecified atom stereocenters. The van der Waals surface area contributed by atoms with E-state index in [1.54, 1.807) is 0 Å². The average Bonchev–Trinajstić information content (AvgIpc) is 2.86. The van der Waals surface area contributed by atoms with Crippen molar-refractivity contribution < 1.29 is 18.4 Å². The molecule has 0 spiro atoms. The fraction of sp³-hybridized carbons (Fsp3) is 0.0769. The number of amides is 1. The van der Waals surface area contributed by atoms with E-state index in [1.807, 2.05) is 0 Å². The molecule has 1 amide bonds. The SMILES string of the molecule is CNC(=O)c1cccc(F)c1-c1ccc(C=O)o1. The number of halogens is 1. The van der Waals surface area contributed by atoms with Crippen LogP contribution >= 0.6 is 0 Å². The summed E-state index contributed by atoms with van der Waals surface area (Å²) in [6.07, 6.45) is 0.518. The summed E-state index contributed by atoms with van der Waals surface area (Å²) in [6, 6.07) is 7.02. The van der Waals surface area contributed by atoms with Crippen molar-refractivity contribution in [3.63, 3.8) is 0 Å². The minimum atomic E-state index is -0.581. The minimum absolute atomic E-state index is 0.0463. The van der Waals surface area contributed by atoms with Gasteiger partial charge in [0.1, 0.15) is 11.6 Å². The van der Waals surface area contributed by atoms with Gasteiger partial charge in [-0.15, -0.1) is 0 Å². The molecule has 0 aliphatic carbocycles. The topological polar surface area (TPSA) is 59.3 Å². The van der Waals surface area contributed by atoms with Crippen molar-refractivity contribution >= 4 is 12.2 Å². The Morgan fingerprint density at radius 3 is 2.72 bits per heavy atom. The van der Waals surface area contributed by atoms with Gasteiger partial charge < -0.3 is 9.73 Å². The summed E-state index contributed by atoms with van der Waals surface area (Å²) in [6.45, 7) is 0. The molecule has 18 heavy (non-hydrogen) atoms. The van der Waals surface area contributed by atoms with Crippen LogP contribution in [0.5, 0.6) is 0 Å². The van der Waals surface area contributed by atoms with E-state index in [4.69, 9.17) is 4.42 Å². The van der Waals surface area contributed by atoms with Crippen molar-refractivity contribution in [2.24, 2.45) is 0 Å². The van der Waals surface area contributed by atoms with Crippen LogP contribution in [0.1, 0.15) is 20.9 Å². The number of aldehydes is 1. The smallest absolute Gasteiger partial charge is 0.251 e. The molecule has 0 aliphatic rings. The predicted molar refractivity (Wildman–Crippen MR) is 62.9 cm³/mol. The Kier molecular flexibility index (Phi) is 3.23. The summed E-state index contributed by atoms with van der Waals surface area (Å²) in [5.41, 5.74) is 0.203. The van der Waals surface area contributed by atoms with Crippen molar-refractivity contribution in [3.05, 3.63) is 47.5 Å². The Morgan fingerprint density at radius 1 is 1.33 bits per heavy atom. The van der Waals surface area contributed by atoms with Crippen LogP contribution in [-0.2, 0) is 0 Å². The highest BCUT2D eigenvalue weighted by molar-refractivity contribution is 6.00. The third kappa shape index (κ3) is 2.02. The van der Waals surface area contributed by atoms with Crippen LogP contribution in [0.4, 0.5) is 4.39 Å². The van der Waals surface area contributed by atoms with Crippen molar-refractivity contribution in [1.82, 2.24) is 5.32 Å². The summed E-state index contributed by atoms with van der Waals surface area (Å²) < 4.78 is 19.0. The number of hydrogen-bond donors (Lipinski definition) is 1. The first-order valence-electron chi connectivity index (χ1n) is 5.23. The van der Waals surface area contributed by atoms with Crippen molar-refractivity contribution in [2.45, 2.75) is 0 Å². The molecule has 1 aromatic carbocycles. The average molecular weight is 247 g/mol. The maximum atomic E-state index is 13.8. The molecule has 0 fully saturated rings. The largest absolute Gasteiger partial charge is 0.453 e. The van der Waals surface area contributed by atoms with E-state index in [2.05, 4.69) is 5.32 Å². The third-order valence-electron chi connectivity index (χ3n) is 2.47. The molecule has 0 saturated carbocycles. The molecule has 2 rings (SSSR count). The molecule has 1 heterocycles. The van der Waals surface area contributed by atoms with Gasteiger partial charge in [0.2, 0.25) is 0 Å². The standard InChI is InChI=1S/C13H10FNO3/c1-15-13(17)9-3-2-4-10(14)12(9)11-6-5-8(7-16)18-11/h2-7H,1H3,(H,15,17). The summed E-state index contributed by atoms with van der Waals surface area (Å²) in [5, 5.41) is 2.42. The molecule has 0 radical (unpaired) electrons. The van der Waals surface area contributed by atoms with Crippen LogP contribution in [-0.4, -0.2) is 19.2 Å². The zero-order valence-electron chi connectivity index (χ0n) is 9.57. The molecule has 2 aromatic rings. The number of nitrogens with one attached hydrogen (secondary N) is 1. The van der Waals surface area contributed by atoms with E-state index in [0.717, 1.165) is 0 Å². The first kappa shape index (κ1) is 12.0. The summed E-state index contributed by atoms with van der Waals surface area (Å²) in [5.74, 6) is -0.777. The molecule has 0 aliphatic heterocycles. The highest BCUT2D eigenvalue weighted by Crippen LogP contribution is 2.28. The third-order valence-corrected chi connectivity index (χ3v) is 2.47. The maximum absolute atomic E-state index is 13.8. The molecule has 92 valence electrons. The summed E-state index contributed by atoms with van der Waals surface area (Å²) >= 11 is 0. The zero-order valence-corrected chi connectivity index (χ0v) is 9.57. The van der Waals surface area contributed by atoms with Crippen molar-refractivity contribution in [2.75, 3.05) is 7.05 Å². The Balaban J connectivity index is 2.61. The number of furan rings is 1. The van der Waals surface area contributed by atoms with E-state index < -0.39 is 11.7 Å². The van der Waals surface area contributed by atoms with Gasteiger partial charge in [0.15, 0.2) is 12.0 Å². The van der Waals surface area contributed by atoms with Gasteiger partial charge in [-0.3, -0.25) is 9.59 Å². The lowest BCUT2D eigenvalue weighted by Gasteiger charge is -2.06. The lowest BCUT2D eigenvalue weighted by Crippen LogP contribution is -2.19. The fourth-order valence-corrected chi connectivity index (χ4v) is 1.65. The number of carbonyl (C=O) groups is 2. The molecule has 1 N–H and O–H groups in total. The molecule has 5 heteroatoms. The number of rotatable bonds is 3. The molecule has 4 nitrogen and oxygen atoms in total. The van der Waals surface area contributed by atoms with Crippen LogP contribution in [0.3, 0.4) is 0 Å². The highest BCUT2D eigenvalue weighted by atomic mass is 19.1. The molecular weight excluding hydrogens is 237 g/mol. The highest BCUT2D eigenvalue weighted by Gasteiger charge is 2.18. The van der Waals surface area contributed by atoms with Crippen LogP contribution < -0.4 is 5.32 Å². The van der Waals surface area contributed by atoms with E-state index in [0.29, 0.717) is 6.29 Å². The first-order valence-corrected chi connectivity index (χ1v) is 5.23. The number of carbonyl (C=O) groups excluding carboxylic acids is 2. The monoisotopic (exact) mass is 247 g/mol. The first-order chi connectivity index (χ1) is 8.67. The van der Waals surface area contributed by atoms with Gasteiger partial charge in [0, 0.05) is 7.05 Å². The van der Waals surface area contributed by atoms with E-state index in [-0.39, 0.29) is 22.6 Å². The lowest BCUT2D eigenvalue weighted by atomic mass is 10.0. The number of benzene rings is 1. The van der Waals surface area contributed by atoms with Gasteiger partial charge in [-0.2, -0.15) is 0 Å². The quantitative estimate of drug-likeness (QED) is 0.846. The van der Waals surface area contributed by atoms with Crippen LogP contribution in [0.2, 0.25) is 0 Å². The molecule has 0 bridgehead atoms. The Labute approximate surface area is 102 Å². The van der Waals surface area contributed by atoms with Crippen LogP contribution in [0.25, 0.3) is 11.3 Å². The van der Waals surface area contributed by atoms with Gasteiger partial charge in [-0.1, -0.05) is 6.07 Å². The molecular formula is C13H10FNO3. The lowest BCUT2D eigenvalue weighted by molar-refractivity contribution is 0.0963. The van der Waals surface area contributed by atoms with Gasteiger partial charge in [-0.25, -0.2) is 4.39 Å². The van der Waals surface area contributed by atoms with Crippen LogP contribution in [0.15, 0.2) is 34.7 Å². The fourth-order valence-electron chi connectivity index (χ4n) is 1.65. The second-order valence-corrected chi connectivity index (χ2v) is 3.56. The minimum Gasteiger partial charge on any atom is -0.453 e. The van der Waals surface area contributed by atoms with Crippen molar-refractivity contribution in [1.29, 1.82) is 0 Å². The second-order valence-electron chi connectivity index (χ2n) is 3.56.